The maximum Gasteiger partial charge on any atom is 0.243 e. The summed E-state index contributed by atoms with van der Waals surface area (Å²) in [4.78, 5) is 30.7. The summed E-state index contributed by atoms with van der Waals surface area (Å²) in [6.45, 7) is 7.43. The van der Waals surface area contributed by atoms with Crippen LogP contribution in [0, 0.1) is 5.92 Å². The van der Waals surface area contributed by atoms with Crippen molar-refractivity contribution in [1.82, 2.24) is 15.1 Å². The van der Waals surface area contributed by atoms with Gasteiger partial charge >= 0.3 is 0 Å². The third-order valence-electron chi connectivity index (χ3n) is 6.56. The Morgan fingerprint density at radius 3 is 2.50 bits per heavy atom. The summed E-state index contributed by atoms with van der Waals surface area (Å²) < 4.78 is 0. The average molecular weight is 434 g/mol. The van der Waals surface area contributed by atoms with Crippen molar-refractivity contribution in [3.05, 3.63) is 71.3 Å². The second-order valence-corrected chi connectivity index (χ2v) is 9.68. The first-order chi connectivity index (χ1) is 15.5. The lowest BCUT2D eigenvalue weighted by molar-refractivity contribution is -0.142. The van der Waals surface area contributed by atoms with Crippen LogP contribution in [0.15, 0.2) is 54.6 Å². The highest BCUT2D eigenvalue weighted by atomic mass is 16.2. The van der Waals surface area contributed by atoms with Crippen LogP contribution in [0.2, 0.25) is 0 Å². The minimum atomic E-state index is -0.430. The summed E-state index contributed by atoms with van der Waals surface area (Å²) in [5.41, 5.74) is 3.63. The quantitative estimate of drug-likeness (QED) is 0.755. The first-order valence-corrected chi connectivity index (χ1v) is 11.9. The van der Waals surface area contributed by atoms with Crippen molar-refractivity contribution in [2.45, 2.75) is 64.7 Å². The van der Waals surface area contributed by atoms with E-state index in [0.717, 1.165) is 38.0 Å². The molecule has 5 nitrogen and oxygen atoms in total. The van der Waals surface area contributed by atoms with Gasteiger partial charge < -0.3 is 10.2 Å². The molecular weight excluding hydrogens is 398 g/mol. The maximum absolute atomic E-state index is 13.4. The molecule has 2 aliphatic rings. The van der Waals surface area contributed by atoms with Crippen LogP contribution < -0.4 is 5.32 Å². The maximum atomic E-state index is 13.4. The number of amides is 2. The number of fused-ring (bicyclic) bond motifs is 1. The van der Waals surface area contributed by atoms with Crippen LogP contribution in [-0.4, -0.2) is 46.8 Å². The van der Waals surface area contributed by atoms with E-state index in [4.69, 9.17) is 0 Å². The van der Waals surface area contributed by atoms with E-state index in [-0.39, 0.29) is 23.8 Å². The number of hydrogen-bond acceptors (Lipinski definition) is 3. The zero-order chi connectivity index (χ0) is 22.5. The monoisotopic (exact) mass is 433 g/mol. The molecule has 0 radical (unpaired) electrons. The van der Waals surface area contributed by atoms with E-state index < -0.39 is 6.04 Å². The highest BCUT2D eigenvalue weighted by Crippen LogP contribution is 2.25. The van der Waals surface area contributed by atoms with Crippen LogP contribution in [0.4, 0.5) is 0 Å². The molecule has 0 saturated carbocycles. The van der Waals surface area contributed by atoms with Crippen molar-refractivity contribution in [3.8, 4) is 0 Å². The van der Waals surface area contributed by atoms with Gasteiger partial charge in [0.1, 0.15) is 6.04 Å². The van der Waals surface area contributed by atoms with Gasteiger partial charge in [-0.3, -0.25) is 14.5 Å². The van der Waals surface area contributed by atoms with Gasteiger partial charge in [0.2, 0.25) is 11.8 Å². The molecule has 0 spiro atoms. The molecule has 2 aromatic carbocycles. The number of benzene rings is 2. The highest BCUT2D eigenvalue weighted by Gasteiger charge is 2.35. The lowest BCUT2D eigenvalue weighted by Gasteiger charge is -2.38. The molecule has 2 unspecified atom stereocenters. The van der Waals surface area contributed by atoms with Gasteiger partial charge in [-0.2, -0.15) is 0 Å². The Morgan fingerprint density at radius 1 is 1.03 bits per heavy atom. The van der Waals surface area contributed by atoms with E-state index in [1.54, 1.807) is 0 Å². The third kappa shape index (κ3) is 5.57. The molecule has 1 fully saturated rings. The molecule has 2 amide bonds. The lowest BCUT2D eigenvalue weighted by atomic mass is 9.92. The predicted molar refractivity (Wildman–Crippen MR) is 127 cm³/mol. The van der Waals surface area contributed by atoms with E-state index in [2.05, 4.69) is 46.6 Å². The number of carbonyl (C=O) groups is 2. The fraction of sp³-hybridized carbons (Fsp3) is 0.481. The Morgan fingerprint density at radius 2 is 1.75 bits per heavy atom. The largest absolute Gasteiger partial charge is 0.350 e. The smallest absolute Gasteiger partial charge is 0.243 e. The molecule has 32 heavy (non-hydrogen) atoms. The molecule has 2 heterocycles. The fourth-order valence-corrected chi connectivity index (χ4v) is 4.94. The number of nitrogens with zero attached hydrogens (tertiary/aromatic N) is 2. The van der Waals surface area contributed by atoms with Crippen molar-refractivity contribution in [2.24, 2.45) is 5.92 Å². The van der Waals surface area contributed by atoms with E-state index >= 15 is 0 Å². The number of carbonyl (C=O) groups excluding carboxylic acids is 2. The second-order valence-electron chi connectivity index (χ2n) is 9.68. The van der Waals surface area contributed by atoms with Crippen molar-refractivity contribution in [1.29, 1.82) is 0 Å². The van der Waals surface area contributed by atoms with Crippen LogP contribution in [-0.2, 0) is 29.1 Å². The van der Waals surface area contributed by atoms with Gasteiger partial charge in [-0.25, -0.2) is 0 Å². The summed E-state index contributed by atoms with van der Waals surface area (Å²) in [6.07, 6.45) is 3.12. The van der Waals surface area contributed by atoms with Crippen LogP contribution in [0.25, 0.3) is 0 Å². The van der Waals surface area contributed by atoms with Crippen LogP contribution in [0.1, 0.15) is 49.8 Å². The molecular formula is C27H35N3O2. The SMILES string of the molecule is CC(C)CC(=O)N1Cc2ccccc2CC1C(=O)NC1CCCN(Cc2ccccc2)C1. The molecule has 0 aromatic heterocycles. The number of rotatable bonds is 6. The summed E-state index contributed by atoms with van der Waals surface area (Å²) in [5.74, 6) is 0.334. The van der Waals surface area contributed by atoms with Gasteiger partial charge in [0.25, 0.3) is 0 Å². The average Bonchev–Trinajstić information content (AvgIpc) is 2.78. The van der Waals surface area contributed by atoms with Gasteiger partial charge in [0.05, 0.1) is 0 Å². The van der Waals surface area contributed by atoms with Gasteiger partial charge in [-0.1, -0.05) is 68.4 Å². The molecule has 4 rings (SSSR count). The summed E-state index contributed by atoms with van der Waals surface area (Å²) >= 11 is 0. The van der Waals surface area contributed by atoms with Crippen molar-refractivity contribution >= 4 is 11.8 Å². The second kappa shape index (κ2) is 10.3. The number of nitrogens with one attached hydrogen (secondary N) is 1. The highest BCUT2D eigenvalue weighted by molar-refractivity contribution is 5.88. The van der Waals surface area contributed by atoms with Crippen LogP contribution in [0.5, 0.6) is 0 Å². The lowest BCUT2D eigenvalue weighted by Crippen LogP contribution is -2.56. The fourth-order valence-electron chi connectivity index (χ4n) is 4.94. The first kappa shape index (κ1) is 22.5. The first-order valence-electron chi connectivity index (χ1n) is 11.9. The molecule has 5 heteroatoms. The Bertz CT molecular complexity index is 928. The standard InChI is InChI=1S/C27H35N3O2/c1-20(2)15-26(31)30-18-23-12-7-6-11-22(23)16-25(30)27(32)28-24-13-8-14-29(19-24)17-21-9-4-3-5-10-21/h3-7,9-12,20,24-25H,8,13-19H2,1-2H3,(H,28,32). The molecule has 2 aliphatic heterocycles. The van der Waals surface area contributed by atoms with E-state index in [9.17, 15) is 9.59 Å². The van der Waals surface area contributed by atoms with Gasteiger partial charge in [0.15, 0.2) is 0 Å². The number of likely N-dealkylation sites (tertiary alicyclic amines) is 1. The van der Waals surface area contributed by atoms with Crippen LogP contribution >= 0.6 is 0 Å². The molecule has 2 aromatic rings. The molecule has 0 aliphatic carbocycles. The van der Waals surface area contributed by atoms with Crippen LogP contribution in [0.3, 0.4) is 0 Å². The summed E-state index contributed by atoms with van der Waals surface area (Å²) in [5, 5.41) is 3.30. The summed E-state index contributed by atoms with van der Waals surface area (Å²) in [7, 11) is 0. The van der Waals surface area contributed by atoms with Crippen molar-refractivity contribution in [3.63, 3.8) is 0 Å². The molecule has 170 valence electrons. The van der Waals surface area contributed by atoms with E-state index in [1.807, 2.05) is 36.9 Å². The topological polar surface area (TPSA) is 52.7 Å². The molecule has 1 saturated heterocycles. The molecule has 2 atom stereocenters. The van der Waals surface area contributed by atoms with Gasteiger partial charge in [0, 0.05) is 38.5 Å². The Balaban J connectivity index is 1.43. The Kier molecular flexibility index (Phi) is 7.26. The minimum absolute atomic E-state index is 0.0110. The van der Waals surface area contributed by atoms with E-state index in [0.29, 0.717) is 19.4 Å². The summed E-state index contributed by atoms with van der Waals surface area (Å²) in [6, 6.07) is 18.4. The minimum Gasteiger partial charge on any atom is -0.350 e. The predicted octanol–water partition coefficient (Wildman–Crippen LogP) is 3.77. The molecule has 1 N–H and O–H groups in total. The van der Waals surface area contributed by atoms with Gasteiger partial charge in [-0.15, -0.1) is 0 Å². The number of piperidine rings is 1. The molecule has 0 bridgehead atoms. The Hall–Kier alpha value is -2.66. The zero-order valence-electron chi connectivity index (χ0n) is 19.3. The third-order valence-corrected chi connectivity index (χ3v) is 6.56. The number of hydrogen-bond donors (Lipinski definition) is 1. The Labute approximate surface area is 191 Å². The van der Waals surface area contributed by atoms with Crippen molar-refractivity contribution in [2.75, 3.05) is 13.1 Å². The normalized spacial score (nSPS) is 21.3. The van der Waals surface area contributed by atoms with Crippen molar-refractivity contribution < 1.29 is 9.59 Å². The van der Waals surface area contributed by atoms with E-state index in [1.165, 1.54) is 11.1 Å². The zero-order valence-corrected chi connectivity index (χ0v) is 19.3. The van der Waals surface area contributed by atoms with Gasteiger partial charge in [-0.05, 0) is 42.0 Å².